The highest BCUT2D eigenvalue weighted by Crippen LogP contribution is 2.20. The molecule has 1 aliphatic rings. The second kappa shape index (κ2) is 4.45. The fourth-order valence-electron chi connectivity index (χ4n) is 1.85. The van der Waals surface area contributed by atoms with Crippen LogP contribution in [0.3, 0.4) is 0 Å². The predicted molar refractivity (Wildman–Crippen MR) is 62.5 cm³/mol. The van der Waals surface area contributed by atoms with Gasteiger partial charge in [0.05, 0.1) is 16.5 Å². The van der Waals surface area contributed by atoms with Gasteiger partial charge in [0.25, 0.3) is 0 Å². The number of benzene rings is 1. The second-order valence-electron chi connectivity index (χ2n) is 4.05. The van der Waals surface area contributed by atoms with E-state index < -0.39 is 10.0 Å². The van der Waals surface area contributed by atoms with Gasteiger partial charge < -0.3 is 5.73 Å². The molecule has 0 aromatic heterocycles. The minimum absolute atomic E-state index is 0.0936. The van der Waals surface area contributed by atoms with Gasteiger partial charge in [0.15, 0.2) is 0 Å². The zero-order valence-corrected chi connectivity index (χ0v) is 10.0. The summed E-state index contributed by atoms with van der Waals surface area (Å²) in [7, 11) is -3.50. The molecular formula is C11H13N3O2S. The van der Waals surface area contributed by atoms with Crippen molar-refractivity contribution in [3.63, 3.8) is 0 Å². The van der Waals surface area contributed by atoms with E-state index in [1.54, 1.807) is 12.1 Å². The number of rotatable bonds is 2. The summed E-state index contributed by atoms with van der Waals surface area (Å²) in [6.45, 7) is 0.791. The van der Waals surface area contributed by atoms with E-state index in [0.717, 1.165) is 0 Å². The van der Waals surface area contributed by atoms with Crippen molar-refractivity contribution in [1.82, 2.24) is 4.31 Å². The van der Waals surface area contributed by atoms with Gasteiger partial charge in [-0.1, -0.05) is 6.07 Å². The maximum Gasteiger partial charge on any atom is 0.243 e. The number of nitriles is 1. The SMILES string of the molecule is N#Cc1cccc(S(=O)(=O)N2CC[C@H](N)C2)c1. The highest BCUT2D eigenvalue weighted by molar-refractivity contribution is 7.89. The summed E-state index contributed by atoms with van der Waals surface area (Å²) in [5.41, 5.74) is 6.04. The molecule has 5 nitrogen and oxygen atoms in total. The molecule has 0 amide bonds. The molecule has 0 bridgehead atoms. The van der Waals surface area contributed by atoms with E-state index in [0.29, 0.717) is 25.1 Å². The highest BCUT2D eigenvalue weighted by atomic mass is 32.2. The van der Waals surface area contributed by atoms with Crippen molar-refractivity contribution in [1.29, 1.82) is 5.26 Å². The molecule has 1 aliphatic heterocycles. The van der Waals surface area contributed by atoms with E-state index in [4.69, 9.17) is 11.0 Å². The molecule has 0 aliphatic carbocycles. The first-order valence-corrected chi connectivity index (χ1v) is 6.74. The molecule has 1 atom stereocenters. The fourth-order valence-corrected chi connectivity index (χ4v) is 3.41. The Morgan fingerprint density at radius 1 is 1.47 bits per heavy atom. The van der Waals surface area contributed by atoms with E-state index in [1.807, 2.05) is 6.07 Å². The van der Waals surface area contributed by atoms with Crippen LogP contribution in [-0.2, 0) is 10.0 Å². The van der Waals surface area contributed by atoms with Gasteiger partial charge in [-0.05, 0) is 24.6 Å². The molecule has 90 valence electrons. The predicted octanol–water partition coefficient (Wildman–Crippen LogP) is 0.280. The molecule has 0 radical (unpaired) electrons. The van der Waals surface area contributed by atoms with Crippen molar-refractivity contribution >= 4 is 10.0 Å². The second-order valence-corrected chi connectivity index (χ2v) is 5.99. The summed E-state index contributed by atoms with van der Waals surface area (Å²) in [5, 5.41) is 8.76. The molecule has 1 aromatic carbocycles. The Kier molecular flexibility index (Phi) is 3.15. The molecule has 1 aromatic rings. The van der Waals surface area contributed by atoms with Gasteiger partial charge in [-0.2, -0.15) is 9.57 Å². The third-order valence-corrected chi connectivity index (χ3v) is 4.65. The van der Waals surface area contributed by atoms with Gasteiger partial charge in [0.1, 0.15) is 0 Å². The van der Waals surface area contributed by atoms with Crippen molar-refractivity contribution in [3.8, 4) is 6.07 Å². The van der Waals surface area contributed by atoms with Crippen LogP contribution >= 0.6 is 0 Å². The van der Waals surface area contributed by atoms with E-state index in [1.165, 1.54) is 16.4 Å². The molecule has 2 rings (SSSR count). The van der Waals surface area contributed by atoms with Crippen molar-refractivity contribution in [2.24, 2.45) is 5.73 Å². The fraction of sp³-hybridized carbons (Fsp3) is 0.364. The van der Waals surface area contributed by atoms with Gasteiger partial charge in [0.2, 0.25) is 10.0 Å². The minimum Gasteiger partial charge on any atom is -0.326 e. The monoisotopic (exact) mass is 251 g/mol. The number of nitrogens with two attached hydrogens (primary N) is 1. The summed E-state index contributed by atoms with van der Waals surface area (Å²) < 4.78 is 25.8. The van der Waals surface area contributed by atoms with E-state index in [9.17, 15) is 8.42 Å². The average Bonchev–Trinajstić information content (AvgIpc) is 2.76. The first-order chi connectivity index (χ1) is 8.04. The lowest BCUT2D eigenvalue weighted by atomic mass is 10.2. The van der Waals surface area contributed by atoms with Crippen LogP contribution in [0, 0.1) is 11.3 Å². The maximum absolute atomic E-state index is 12.2. The zero-order valence-electron chi connectivity index (χ0n) is 9.20. The maximum atomic E-state index is 12.2. The number of nitrogens with zero attached hydrogens (tertiary/aromatic N) is 2. The topological polar surface area (TPSA) is 87.2 Å². The van der Waals surface area contributed by atoms with Crippen LogP contribution in [0.5, 0.6) is 0 Å². The molecule has 1 saturated heterocycles. The first kappa shape index (κ1) is 12.0. The van der Waals surface area contributed by atoms with Crippen LogP contribution in [-0.4, -0.2) is 31.9 Å². The smallest absolute Gasteiger partial charge is 0.243 e. The Balaban J connectivity index is 2.35. The number of hydrogen-bond donors (Lipinski definition) is 1. The molecule has 0 spiro atoms. The summed E-state index contributed by atoms with van der Waals surface area (Å²) in [4.78, 5) is 0.158. The minimum atomic E-state index is -3.50. The summed E-state index contributed by atoms with van der Waals surface area (Å²) in [6.07, 6.45) is 0.678. The molecule has 1 heterocycles. The number of sulfonamides is 1. The van der Waals surface area contributed by atoms with E-state index >= 15 is 0 Å². The van der Waals surface area contributed by atoms with Crippen molar-refractivity contribution in [3.05, 3.63) is 29.8 Å². The third-order valence-electron chi connectivity index (χ3n) is 2.79. The van der Waals surface area contributed by atoms with Gasteiger partial charge in [-0.25, -0.2) is 8.42 Å². The van der Waals surface area contributed by atoms with E-state index in [-0.39, 0.29) is 10.9 Å². The normalized spacial score (nSPS) is 21.3. The van der Waals surface area contributed by atoms with Crippen molar-refractivity contribution in [2.75, 3.05) is 13.1 Å². The molecule has 0 saturated carbocycles. The Bertz CT molecular complexity index is 562. The van der Waals surface area contributed by atoms with Crippen molar-refractivity contribution < 1.29 is 8.42 Å². The van der Waals surface area contributed by atoms with Gasteiger partial charge in [0, 0.05) is 19.1 Å². The molecule has 0 unspecified atom stereocenters. The van der Waals surface area contributed by atoms with Crippen LogP contribution in [0.1, 0.15) is 12.0 Å². The molecule has 6 heteroatoms. The average molecular weight is 251 g/mol. The largest absolute Gasteiger partial charge is 0.326 e. The molecule has 17 heavy (non-hydrogen) atoms. The molecule has 2 N–H and O–H groups in total. The highest BCUT2D eigenvalue weighted by Gasteiger charge is 2.30. The summed E-state index contributed by atoms with van der Waals surface area (Å²) in [5.74, 6) is 0. The van der Waals surface area contributed by atoms with Gasteiger partial charge in [-0.15, -0.1) is 0 Å². The Morgan fingerprint density at radius 2 is 2.24 bits per heavy atom. The third kappa shape index (κ3) is 2.31. The first-order valence-electron chi connectivity index (χ1n) is 5.30. The Hall–Kier alpha value is -1.42. The van der Waals surface area contributed by atoms with Crippen molar-refractivity contribution in [2.45, 2.75) is 17.4 Å². The van der Waals surface area contributed by atoms with Crippen LogP contribution < -0.4 is 5.73 Å². The summed E-state index contributed by atoms with van der Waals surface area (Å²) in [6, 6.07) is 7.87. The standard InChI is InChI=1S/C11H13N3O2S/c12-7-9-2-1-3-11(6-9)17(15,16)14-5-4-10(13)8-14/h1-3,6,10H,4-5,8,13H2/t10-/m0/s1. The van der Waals surface area contributed by atoms with Crippen LogP contribution in [0.15, 0.2) is 29.2 Å². The number of hydrogen-bond acceptors (Lipinski definition) is 4. The Labute approximate surface area is 101 Å². The lowest BCUT2D eigenvalue weighted by Gasteiger charge is -2.15. The lowest BCUT2D eigenvalue weighted by Crippen LogP contribution is -2.31. The van der Waals surface area contributed by atoms with Crippen LogP contribution in [0.2, 0.25) is 0 Å². The van der Waals surface area contributed by atoms with Gasteiger partial charge in [-0.3, -0.25) is 0 Å². The Morgan fingerprint density at radius 3 is 2.82 bits per heavy atom. The van der Waals surface area contributed by atoms with Crippen LogP contribution in [0.4, 0.5) is 0 Å². The van der Waals surface area contributed by atoms with Crippen LogP contribution in [0.25, 0.3) is 0 Å². The summed E-state index contributed by atoms with van der Waals surface area (Å²) >= 11 is 0. The van der Waals surface area contributed by atoms with E-state index in [2.05, 4.69) is 0 Å². The van der Waals surface area contributed by atoms with Gasteiger partial charge >= 0.3 is 0 Å². The lowest BCUT2D eigenvalue weighted by molar-refractivity contribution is 0.472. The quantitative estimate of drug-likeness (QED) is 0.817. The molecular weight excluding hydrogens is 238 g/mol. The zero-order chi connectivity index (χ0) is 12.5. The molecule has 1 fully saturated rings.